The number of rotatable bonds is 5. The molecule has 0 aliphatic carbocycles. The van der Waals surface area contributed by atoms with Crippen LogP contribution in [0.1, 0.15) is 35.3 Å². The fourth-order valence-corrected chi connectivity index (χ4v) is 5.65. The molecule has 2 aliphatic rings. The van der Waals surface area contributed by atoms with Crippen LogP contribution in [-0.4, -0.2) is 79.3 Å². The highest BCUT2D eigenvalue weighted by Crippen LogP contribution is 2.38. The number of aromatic nitrogens is 2. The van der Waals surface area contributed by atoms with Crippen molar-refractivity contribution in [1.82, 2.24) is 14.9 Å². The lowest BCUT2D eigenvalue weighted by Gasteiger charge is -2.44. The number of amides is 1. The van der Waals surface area contributed by atoms with Gasteiger partial charge in [-0.25, -0.2) is 9.37 Å². The van der Waals surface area contributed by atoms with Crippen molar-refractivity contribution in [2.24, 2.45) is 0 Å². The average molecular weight is 603 g/mol. The second kappa shape index (κ2) is 12.0. The number of alkyl halides is 3. The van der Waals surface area contributed by atoms with Gasteiger partial charge in [0.05, 0.1) is 35.7 Å². The summed E-state index contributed by atoms with van der Waals surface area (Å²) in [5.74, 6) is -0.891. The van der Waals surface area contributed by atoms with Crippen molar-refractivity contribution in [1.29, 1.82) is 0 Å². The zero-order valence-corrected chi connectivity index (χ0v) is 24.4. The Morgan fingerprint density at radius 1 is 1.07 bits per heavy atom. The summed E-state index contributed by atoms with van der Waals surface area (Å²) < 4.78 is 62.5. The standard InChI is InChI=1S/C30H34F4N6O3/c1-17-9-20(13-36-28(17)39-5-7-43-8-6-39)21-10-25(26(12-24(21)31)40-15-18(2)38(4)19(3)16-40)37-29(42)22-14-35-27(41)11-23(22)30(32,33)34/h9-14,18-19H,5-8,15-16H2,1-4H3,(H,35,41)(H,37,42). The topological polar surface area (TPSA) is 93.8 Å². The highest BCUT2D eigenvalue weighted by molar-refractivity contribution is 6.07. The number of piperazine rings is 1. The second-order valence-corrected chi connectivity index (χ2v) is 11.2. The Kier molecular flexibility index (Phi) is 8.48. The van der Waals surface area contributed by atoms with Crippen molar-refractivity contribution in [2.75, 3.05) is 61.6 Å². The summed E-state index contributed by atoms with van der Waals surface area (Å²) in [6.07, 6.45) is -2.65. The predicted molar refractivity (Wildman–Crippen MR) is 156 cm³/mol. The average Bonchev–Trinajstić information content (AvgIpc) is 2.96. The zero-order chi connectivity index (χ0) is 31.1. The molecule has 1 amide bonds. The van der Waals surface area contributed by atoms with Gasteiger partial charge in [-0.15, -0.1) is 0 Å². The van der Waals surface area contributed by atoms with E-state index >= 15 is 4.39 Å². The van der Waals surface area contributed by atoms with Crippen LogP contribution in [0.2, 0.25) is 0 Å². The first-order chi connectivity index (χ1) is 20.3. The molecular formula is C30H34F4N6O3. The molecule has 0 spiro atoms. The number of morpholine rings is 1. The molecule has 2 saturated heterocycles. The molecule has 5 rings (SSSR count). The molecule has 4 heterocycles. The van der Waals surface area contributed by atoms with E-state index in [2.05, 4.69) is 25.1 Å². The van der Waals surface area contributed by atoms with E-state index in [1.807, 2.05) is 32.7 Å². The number of carbonyl (C=O) groups is 1. The number of aromatic amines is 1. The summed E-state index contributed by atoms with van der Waals surface area (Å²) >= 11 is 0. The summed E-state index contributed by atoms with van der Waals surface area (Å²) in [5.41, 5.74) is -1.22. The number of nitrogens with one attached hydrogen (secondary N) is 2. The minimum atomic E-state index is -4.94. The van der Waals surface area contributed by atoms with Gasteiger partial charge in [-0.3, -0.25) is 14.5 Å². The molecule has 1 aromatic carbocycles. The molecule has 0 bridgehead atoms. The number of H-pyrrole nitrogens is 1. The first kappa shape index (κ1) is 30.5. The van der Waals surface area contributed by atoms with Crippen LogP contribution < -0.4 is 20.7 Å². The van der Waals surface area contributed by atoms with E-state index in [1.54, 1.807) is 12.3 Å². The number of halogens is 4. The molecule has 2 fully saturated rings. The number of ether oxygens (including phenoxy) is 1. The van der Waals surface area contributed by atoms with Crippen molar-refractivity contribution < 1.29 is 27.1 Å². The van der Waals surface area contributed by atoms with E-state index in [-0.39, 0.29) is 23.3 Å². The lowest BCUT2D eigenvalue weighted by molar-refractivity contribution is -0.138. The van der Waals surface area contributed by atoms with E-state index in [0.29, 0.717) is 56.7 Å². The number of nitrogens with zero attached hydrogens (tertiary/aromatic N) is 4. The first-order valence-corrected chi connectivity index (χ1v) is 14.0. The molecule has 230 valence electrons. The summed E-state index contributed by atoms with van der Waals surface area (Å²) in [7, 11) is 1.99. The van der Waals surface area contributed by atoms with Crippen LogP contribution in [0.15, 0.2) is 41.5 Å². The summed E-state index contributed by atoms with van der Waals surface area (Å²) in [5, 5.41) is 2.59. The Balaban J connectivity index is 1.57. The number of benzene rings is 1. The van der Waals surface area contributed by atoms with Gasteiger partial charge in [0, 0.05) is 67.8 Å². The Bertz CT molecular complexity index is 1560. The number of hydrogen-bond acceptors (Lipinski definition) is 7. The lowest BCUT2D eigenvalue weighted by atomic mass is 10.0. The molecule has 2 aliphatic heterocycles. The second-order valence-electron chi connectivity index (χ2n) is 11.2. The molecule has 2 atom stereocenters. The van der Waals surface area contributed by atoms with Crippen LogP contribution in [0, 0.1) is 12.7 Å². The van der Waals surface area contributed by atoms with E-state index in [4.69, 9.17) is 4.74 Å². The van der Waals surface area contributed by atoms with Gasteiger partial charge in [-0.2, -0.15) is 13.2 Å². The molecule has 0 radical (unpaired) electrons. The number of hydrogen-bond donors (Lipinski definition) is 2. The fourth-order valence-electron chi connectivity index (χ4n) is 5.65. The lowest BCUT2D eigenvalue weighted by Crippen LogP contribution is -2.55. The van der Waals surface area contributed by atoms with Crippen LogP contribution in [-0.2, 0) is 10.9 Å². The molecule has 9 nitrogen and oxygen atoms in total. The van der Waals surface area contributed by atoms with E-state index < -0.39 is 34.6 Å². The Morgan fingerprint density at radius 2 is 1.74 bits per heavy atom. The maximum absolute atomic E-state index is 15.9. The molecular weight excluding hydrogens is 568 g/mol. The summed E-state index contributed by atoms with van der Waals surface area (Å²) in [4.78, 5) is 37.9. The monoisotopic (exact) mass is 602 g/mol. The third kappa shape index (κ3) is 6.37. The SMILES string of the molecule is Cc1cc(-c2cc(NC(=O)c3c[nH]c(=O)cc3C(F)(F)F)c(N3CC(C)N(C)C(C)C3)cc2F)cnc1N1CCOCC1. The van der Waals surface area contributed by atoms with Crippen molar-refractivity contribution >= 4 is 23.1 Å². The minimum Gasteiger partial charge on any atom is -0.378 e. The number of likely N-dealkylation sites (N-methyl/N-ethyl adjacent to an activating group) is 1. The van der Waals surface area contributed by atoms with E-state index in [9.17, 15) is 22.8 Å². The molecule has 43 heavy (non-hydrogen) atoms. The van der Waals surface area contributed by atoms with Gasteiger partial charge < -0.3 is 24.8 Å². The Labute approximate surface area is 246 Å². The third-order valence-electron chi connectivity index (χ3n) is 8.18. The van der Waals surface area contributed by atoms with Gasteiger partial charge in [0.15, 0.2) is 0 Å². The third-order valence-corrected chi connectivity index (χ3v) is 8.18. The zero-order valence-electron chi connectivity index (χ0n) is 24.4. The summed E-state index contributed by atoms with van der Waals surface area (Å²) in [6.45, 7) is 9.44. The van der Waals surface area contributed by atoms with Gasteiger partial charge in [0.1, 0.15) is 11.6 Å². The maximum atomic E-state index is 15.9. The number of carbonyl (C=O) groups excluding carboxylic acids is 1. The molecule has 13 heteroatoms. The number of aryl methyl sites for hydroxylation is 1. The van der Waals surface area contributed by atoms with Crippen molar-refractivity contribution in [2.45, 2.75) is 39.0 Å². The molecule has 0 saturated carbocycles. The largest absolute Gasteiger partial charge is 0.417 e. The summed E-state index contributed by atoms with van der Waals surface area (Å²) in [6, 6.07) is 5.06. The quantitative estimate of drug-likeness (QED) is 0.415. The van der Waals surface area contributed by atoms with Gasteiger partial charge >= 0.3 is 6.18 Å². The molecule has 2 aromatic heterocycles. The highest BCUT2D eigenvalue weighted by atomic mass is 19.4. The minimum absolute atomic E-state index is 0.0886. The maximum Gasteiger partial charge on any atom is 0.417 e. The molecule has 3 aromatic rings. The number of pyridine rings is 2. The fraction of sp³-hybridized carbons (Fsp3) is 0.433. The predicted octanol–water partition coefficient (Wildman–Crippen LogP) is 4.52. The highest BCUT2D eigenvalue weighted by Gasteiger charge is 2.36. The smallest absolute Gasteiger partial charge is 0.378 e. The van der Waals surface area contributed by atoms with Crippen LogP contribution in [0.5, 0.6) is 0 Å². The van der Waals surface area contributed by atoms with Gasteiger partial charge in [-0.05, 0) is 51.6 Å². The van der Waals surface area contributed by atoms with E-state index in [0.717, 1.165) is 17.6 Å². The Hall–Kier alpha value is -3.97. The van der Waals surface area contributed by atoms with Crippen LogP contribution in [0.4, 0.5) is 34.8 Å². The van der Waals surface area contributed by atoms with Gasteiger partial charge in [0.25, 0.3) is 5.91 Å². The van der Waals surface area contributed by atoms with Gasteiger partial charge in [-0.1, -0.05) is 0 Å². The Morgan fingerprint density at radius 3 is 2.37 bits per heavy atom. The van der Waals surface area contributed by atoms with Crippen LogP contribution >= 0.6 is 0 Å². The molecule has 2 N–H and O–H groups in total. The first-order valence-electron chi connectivity index (χ1n) is 14.0. The van der Waals surface area contributed by atoms with Crippen molar-refractivity contribution in [3.05, 3.63) is 69.5 Å². The van der Waals surface area contributed by atoms with Crippen LogP contribution in [0.3, 0.4) is 0 Å². The van der Waals surface area contributed by atoms with Crippen molar-refractivity contribution in [3.8, 4) is 11.1 Å². The van der Waals surface area contributed by atoms with Gasteiger partial charge in [0.2, 0.25) is 5.56 Å². The molecule has 2 unspecified atom stereocenters. The number of anilines is 3. The normalized spacial score (nSPS) is 19.9. The van der Waals surface area contributed by atoms with E-state index in [1.165, 1.54) is 12.1 Å². The van der Waals surface area contributed by atoms with Crippen molar-refractivity contribution in [3.63, 3.8) is 0 Å². The van der Waals surface area contributed by atoms with Crippen LogP contribution in [0.25, 0.3) is 11.1 Å².